The van der Waals surface area contributed by atoms with Gasteiger partial charge >= 0.3 is 5.97 Å². The summed E-state index contributed by atoms with van der Waals surface area (Å²) in [5, 5.41) is 11.7. The van der Waals surface area contributed by atoms with Gasteiger partial charge < -0.3 is 15.3 Å². The predicted molar refractivity (Wildman–Crippen MR) is 67.6 cm³/mol. The molecule has 1 heterocycles. The van der Waals surface area contributed by atoms with Crippen LogP contribution in [-0.4, -0.2) is 47.0 Å². The normalized spacial score (nSPS) is 11.7. The van der Waals surface area contributed by atoms with E-state index in [4.69, 9.17) is 5.11 Å². The van der Waals surface area contributed by atoms with Crippen molar-refractivity contribution in [3.05, 3.63) is 24.0 Å². The van der Waals surface area contributed by atoms with Crippen molar-refractivity contribution in [1.82, 2.24) is 9.88 Å². The number of hydrogen-bond acceptors (Lipinski definition) is 4. The Kier molecular flexibility index (Phi) is 4.65. The summed E-state index contributed by atoms with van der Waals surface area (Å²) in [4.78, 5) is 27.7. The fraction of sp³-hybridized carbons (Fsp3) is 0.417. The summed E-state index contributed by atoms with van der Waals surface area (Å²) in [5.41, 5.74) is 1.01. The zero-order valence-electron chi connectivity index (χ0n) is 10.7. The lowest BCUT2D eigenvalue weighted by Crippen LogP contribution is -2.23. The number of carboxylic acid groups (broad SMARTS) is 1. The van der Waals surface area contributed by atoms with Gasteiger partial charge in [0, 0.05) is 32.0 Å². The fourth-order valence-corrected chi connectivity index (χ4v) is 1.46. The number of hydrogen-bond donors (Lipinski definition) is 2. The van der Waals surface area contributed by atoms with E-state index in [9.17, 15) is 9.59 Å². The summed E-state index contributed by atoms with van der Waals surface area (Å²) in [5.74, 6) is -1.06. The molecule has 6 heteroatoms. The molecule has 1 aromatic heterocycles. The summed E-state index contributed by atoms with van der Waals surface area (Å²) >= 11 is 0. The zero-order chi connectivity index (χ0) is 13.7. The van der Waals surface area contributed by atoms with Gasteiger partial charge in [-0.3, -0.25) is 14.6 Å². The predicted octanol–water partition coefficient (Wildman–Crippen LogP) is 1.06. The Balaban J connectivity index is 2.76. The summed E-state index contributed by atoms with van der Waals surface area (Å²) < 4.78 is 0. The van der Waals surface area contributed by atoms with Gasteiger partial charge in [-0.15, -0.1) is 0 Å². The van der Waals surface area contributed by atoms with E-state index in [1.165, 1.54) is 11.1 Å². The maximum absolute atomic E-state index is 11.7. The molecule has 1 unspecified atom stereocenters. The van der Waals surface area contributed by atoms with Crippen molar-refractivity contribution in [3.63, 3.8) is 0 Å². The molecule has 0 saturated heterocycles. The lowest BCUT2D eigenvalue weighted by molar-refractivity contribution is -0.137. The van der Waals surface area contributed by atoms with Crippen molar-refractivity contribution in [2.24, 2.45) is 0 Å². The van der Waals surface area contributed by atoms with Crippen LogP contribution in [0.2, 0.25) is 0 Å². The topological polar surface area (TPSA) is 82.5 Å². The Hall–Kier alpha value is -2.11. The number of carboxylic acids is 1. The Bertz CT molecular complexity index is 446. The smallest absolute Gasteiger partial charge is 0.305 e. The Morgan fingerprint density at radius 3 is 2.72 bits per heavy atom. The third-order valence-corrected chi connectivity index (χ3v) is 2.28. The first-order valence-electron chi connectivity index (χ1n) is 5.56. The SMILES string of the molecule is CC(CC(=O)O)Nc1ccnc(C(=O)N(C)C)c1. The van der Waals surface area contributed by atoms with Crippen molar-refractivity contribution < 1.29 is 14.7 Å². The molecule has 1 rings (SSSR count). The lowest BCUT2D eigenvalue weighted by Gasteiger charge is -2.14. The van der Waals surface area contributed by atoms with E-state index >= 15 is 0 Å². The molecule has 0 bridgehead atoms. The van der Waals surface area contributed by atoms with Crippen LogP contribution in [0.4, 0.5) is 5.69 Å². The standard InChI is InChI=1S/C12H17N3O3/c1-8(6-11(16)17)14-9-4-5-13-10(7-9)12(18)15(2)3/h4-5,7-8H,6H2,1-3H3,(H,13,14)(H,16,17). The van der Waals surface area contributed by atoms with Gasteiger partial charge in [0.05, 0.1) is 6.42 Å². The first-order chi connectivity index (χ1) is 8.40. The van der Waals surface area contributed by atoms with Crippen molar-refractivity contribution in [2.75, 3.05) is 19.4 Å². The molecule has 2 N–H and O–H groups in total. The Labute approximate surface area is 106 Å². The monoisotopic (exact) mass is 251 g/mol. The van der Waals surface area contributed by atoms with E-state index in [0.29, 0.717) is 11.4 Å². The molecule has 98 valence electrons. The van der Waals surface area contributed by atoms with Crippen LogP contribution in [0.15, 0.2) is 18.3 Å². The molecule has 0 aromatic carbocycles. The van der Waals surface area contributed by atoms with Crippen LogP contribution in [-0.2, 0) is 4.79 Å². The number of amides is 1. The number of anilines is 1. The largest absolute Gasteiger partial charge is 0.481 e. The summed E-state index contributed by atoms with van der Waals surface area (Å²) in [7, 11) is 3.30. The minimum absolute atomic E-state index is 0.0132. The highest BCUT2D eigenvalue weighted by molar-refractivity contribution is 5.92. The number of rotatable bonds is 5. The van der Waals surface area contributed by atoms with E-state index < -0.39 is 5.97 Å². The van der Waals surface area contributed by atoms with Gasteiger partial charge in [-0.2, -0.15) is 0 Å². The van der Waals surface area contributed by atoms with Crippen LogP contribution in [0, 0.1) is 0 Å². The van der Waals surface area contributed by atoms with E-state index in [0.717, 1.165) is 0 Å². The van der Waals surface area contributed by atoms with Gasteiger partial charge in [-0.1, -0.05) is 0 Å². The number of pyridine rings is 1. The minimum Gasteiger partial charge on any atom is -0.481 e. The van der Waals surface area contributed by atoms with E-state index in [1.54, 1.807) is 33.2 Å². The second-order valence-electron chi connectivity index (χ2n) is 4.27. The summed E-state index contributed by atoms with van der Waals surface area (Å²) in [6.07, 6.45) is 1.53. The molecule has 0 aliphatic carbocycles. The first-order valence-corrected chi connectivity index (χ1v) is 5.56. The van der Waals surface area contributed by atoms with Crippen LogP contribution >= 0.6 is 0 Å². The lowest BCUT2D eigenvalue weighted by atomic mass is 10.2. The summed E-state index contributed by atoms with van der Waals surface area (Å²) in [6.45, 7) is 1.77. The number of aromatic nitrogens is 1. The van der Waals surface area contributed by atoms with Crippen LogP contribution in [0.25, 0.3) is 0 Å². The molecule has 0 radical (unpaired) electrons. The molecule has 6 nitrogen and oxygen atoms in total. The van der Waals surface area contributed by atoms with Gasteiger partial charge in [0.1, 0.15) is 5.69 Å². The second-order valence-corrected chi connectivity index (χ2v) is 4.27. The third-order valence-electron chi connectivity index (χ3n) is 2.28. The van der Waals surface area contributed by atoms with Gasteiger partial charge in [-0.25, -0.2) is 0 Å². The average Bonchev–Trinajstić information content (AvgIpc) is 2.26. The third kappa shape index (κ3) is 4.04. The number of carbonyl (C=O) groups is 2. The molecule has 1 atom stereocenters. The van der Waals surface area contributed by atoms with Crippen molar-refractivity contribution in [3.8, 4) is 0 Å². The Morgan fingerprint density at radius 2 is 2.17 bits per heavy atom. The van der Waals surface area contributed by atoms with E-state index in [2.05, 4.69) is 10.3 Å². The van der Waals surface area contributed by atoms with Crippen molar-refractivity contribution in [1.29, 1.82) is 0 Å². The molecular weight excluding hydrogens is 234 g/mol. The zero-order valence-corrected chi connectivity index (χ0v) is 10.7. The quantitative estimate of drug-likeness (QED) is 0.817. The van der Waals surface area contributed by atoms with Crippen molar-refractivity contribution >= 4 is 17.6 Å². The Morgan fingerprint density at radius 1 is 1.50 bits per heavy atom. The van der Waals surface area contributed by atoms with Crippen LogP contribution < -0.4 is 5.32 Å². The number of nitrogens with zero attached hydrogens (tertiary/aromatic N) is 2. The highest BCUT2D eigenvalue weighted by Gasteiger charge is 2.11. The maximum atomic E-state index is 11.7. The number of nitrogens with one attached hydrogen (secondary N) is 1. The molecule has 0 spiro atoms. The number of carbonyl (C=O) groups excluding carboxylic acids is 1. The van der Waals surface area contributed by atoms with E-state index in [1.807, 2.05) is 0 Å². The van der Waals surface area contributed by atoms with Gasteiger partial charge in [0.25, 0.3) is 5.91 Å². The van der Waals surface area contributed by atoms with Gasteiger partial charge in [0.15, 0.2) is 0 Å². The van der Waals surface area contributed by atoms with Crippen LogP contribution in [0.1, 0.15) is 23.8 Å². The van der Waals surface area contributed by atoms with Crippen molar-refractivity contribution in [2.45, 2.75) is 19.4 Å². The molecule has 0 aliphatic heterocycles. The number of aliphatic carboxylic acids is 1. The van der Waals surface area contributed by atoms with Gasteiger partial charge in [0.2, 0.25) is 0 Å². The molecule has 0 saturated carbocycles. The molecule has 1 amide bonds. The van der Waals surface area contributed by atoms with Crippen LogP contribution in [0.5, 0.6) is 0 Å². The minimum atomic E-state index is -0.867. The summed E-state index contributed by atoms with van der Waals surface area (Å²) in [6, 6.07) is 3.10. The molecular formula is C12H17N3O3. The molecule has 1 aromatic rings. The molecule has 18 heavy (non-hydrogen) atoms. The maximum Gasteiger partial charge on any atom is 0.305 e. The van der Waals surface area contributed by atoms with Gasteiger partial charge in [-0.05, 0) is 19.1 Å². The van der Waals surface area contributed by atoms with E-state index in [-0.39, 0.29) is 18.4 Å². The highest BCUT2D eigenvalue weighted by atomic mass is 16.4. The second kappa shape index (κ2) is 6.00. The molecule has 0 aliphatic rings. The fourth-order valence-electron chi connectivity index (χ4n) is 1.46. The first kappa shape index (κ1) is 14.0. The average molecular weight is 251 g/mol. The highest BCUT2D eigenvalue weighted by Crippen LogP contribution is 2.11. The molecule has 0 fully saturated rings. The van der Waals surface area contributed by atoms with Crippen LogP contribution in [0.3, 0.4) is 0 Å².